The third-order valence-corrected chi connectivity index (χ3v) is 5.25. The van der Waals surface area contributed by atoms with Gasteiger partial charge in [0.15, 0.2) is 11.5 Å². The number of ether oxygens (including phenoxy) is 3. The molecular weight excluding hydrogens is 428 g/mol. The summed E-state index contributed by atoms with van der Waals surface area (Å²) in [5, 5.41) is 12.6. The van der Waals surface area contributed by atoms with Crippen LogP contribution in [0, 0.1) is 0 Å². The van der Waals surface area contributed by atoms with Crippen LogP contribution in [0.2, 0.25) is 0 Å². The van der Waals surface area contributed by atoms with E-state index in [0.29, 0.717) is 31.2 Å². The number of nitrogens with zero attached hydrogens (tertiary/aromatic N) is 1. The number of likely N-dealkylation sites (N-methyl/N-ethyl adjacent to an activating group) is 1. The van der Waals surface area contributed by atoms with Crippen LogP contribution >= 0.6 is 12.4 Å². The number of nitrogens with one attached hydrogen (secondary N) is 1. The smallest absolute Gasteiger partial charge is 0.161 e. The molecule has 6 nitrogen and oxygen atoms in total. The van der Waals surface area contributed by atoms with E-state index in [9.17, 15) is 5.11 Å². The first kappa shape index (κ1) is 23.7. The van der Waals surface area contributed by atoms with Gasteiger partial charge < -0.3 is 29.2 Å². The number of aromatic amines is 1. The Morgan fingerprint density at radius 1 is 0.875 bits per heavy atom. The predicted octanol–water partition coefficient (Wildman–Crippen LogP) is 4.50. The van der Waals surface area contributed by atoms with Crippen LogP contribution in [0.1, 0.15) is 0 Å². The van der Waals surface area contributed by atoms with Gasteiger partial charge in [0.05, 0.1) is 12.6 Å². The number of fused-ring (bicyclic) bond motifs is 3. The molecule has 0 spiro atoms. The zero-order valence-electron chi connectivity index (χ0n) is 18.3. The molecule has 0 radical (unpaired) electrons. The van der Waals surface area contributed by atoms with Crippen molar-refractivity contribution in [3.05, 3.63) is 66.7 Å². The molecule has 4 aromatic rings. The number of hydrogen-bond acceptors (Lipinski definition) is 5. The minimum absolute atomic E-state index is 0. The third kappa shape index (κ3) is 5.46. The molecule has 1 atom stereocenters. The van der Waals surface area contributed by atoms with Crippen LogP contribution in [0.15, 0.2) is 66.7 Å². The molecule has 1 unspecified atom stereocenters. The summed E-state index contributed by atoms with van der Waals surface area (Å²) in [6, 6.07) is 21.7. The summed E-state index contributed by atoms with van der Waals surface area (Å²) in [4.78, 5) is 5.43. The maximum atomic E-state index is 10.5. The monoisotopic (exact) mass is 456 g/mol. The zero-order valence-corrected chi connectivity index (χ0v) is 19.1. The largest absolute Gasteiger partial charge is 0.493 e. The molecule has 3 aromatic carbocycles. The van der Waals surface area contributed by atoms with Gasteiger partial charge in [-0.1, -0.05) is 36.4 Å². The Morgan fingerprint density at radius 3 is 2.38 bits per heavy atom. The van der Waals surface area contributed by atoms with Crippen LogP contribution < -0.4 is 14.2 Å². The number of hydrogen-bond donors (Lipinski definition) is 2. The minimum atomic E-state index is -0.614. The van der Waals surface area contributed by atoms with E-state index in [2.05, 4.69) is 17.1 Å². The fraction of sp³-hybridized carbons (Fsp3) is 0.280. The first-order chi connectivity index (χ1) is 15.2. The highest BCUT2D eigenvalue weighted by Gasteiger charge is 2.13. The molecule has 1 aromatic heterocycles. The quantitative estimate of drug-likeness (QED) is 0.367. The molecular formula is C25H29ClN2O4. The van der Waals surface area contributed by atoms with Gasteiger partial charge in [-0.25, -0.2) is 0 Å². The summed E-state index contributed by atoms with van der Waals surface area (Å²) in [5.41, 5.74) is 2.10. The molecule has 0 fully saturated rings. The summed E-state index contributed by atoms with van der Waals surface area (Å²) in [5.74, 6) is 2.20. The van der Waals surface area contributed by atoms with Gasteiger partial charge in [-0.2, -0.15) is 0 Å². The molecule has 32 heavy (non-hydrogen) atoms. The lowest BCUT2D eigenvalue weighted by Crippen LogP contribution is -2.35. The van der Waals surface area contributed by atoms with Crippen LogP contribution in [0.25, 0.3) is 21.8 Å². The van der Waals surface area contributed by atoms with Gasteiger partial charge in [0.25, 0.3) is 0 Å². The normalized spacial score (nSPS) is 12.0. The number of benzene rings is 3. The van der Waals surface area contributed by atoms with Crippen LogP contribution in [-0.4, -0.2) is 61.6 Å². The highest BCUT2D eigenvalue weighted by atomic mass is 35.5. The molecule has 0 aliphatic rings. The van der Waals surface area contributed by atoms with E-state index >= 15 is 0 Å². The Morgan fingerprint density at radius 2 is 1.56 bits per heavy atom. The van der Waals surface area contributed by atoms with E-state index in [0.717, 1.165) is 27.6 Å². The second-order valence-corrected chi connectivity index (χ2v) is 7.58. The van der Waals surface area contributed by atoms with Gasteiger partial charge in [-0.05, 0) is 37.4 Å². The van der Waals surface area contributed by atoms with E-state index in [-0.39, 0.29) is 19.0 Å². The molecule has 0 amide bonds. The number of halogens is 1. The van der Waals surface area contributed by atoms with Crippen molar-refractivity contribution in [1.82, 2.24) is 9.88 Å². The van der Waals surface area contributed by atoms with Gasteiger partial charge in [0.2, 0.25) is 0 Å². The lowest BCUT2D eigenvalue weighted by molar-refractivity contribution is 0.0727. The maximum absolute atomic E-state index is 10.5. The highest BCUT2D eigenvalue weighted by molar-refractivity contribution is 6.10. The topological polar surface area (TPSA) is 67.0 Å². The van der Waals surface area contributed by atoms with Crippen LogP contribution in [0.4, 0.5) is 0 Å². The summed E-state index contributed by atoms with van der Waals surface area (Å²) in [6.45, 7) is 1.88. The molecule has 7 heteroatoms. The van der Waals surface area contributed by atoms with Crippen LogP contribution in [0.3, 0.4) is 0 Å². The van der Waals surface area contributed by atoms with E-state index in [1.54, 1.807) is 7.11 Å². The minimum Gasteiger partial charge on any atom is -0.493 e. The van der Waals surface area contributed by atoms with Gasteiger partial charge in [-0.3, -0.25) is 0 Å². The number of rotatable bonds is 10. The summed E-state index contributed by atoms with van der Waals surface area (Å²) in [6.07, 6.45) is -0.614. The first-order valence-corrected chi connectivity index (χ1v) is 10.4. The van der Waals surface area contributed by atoms with Crippen molar-refractivity contribution in [3.8, 4) is 17.2 Å². The second kappa shape index (κ2) is 11.1. The number of methoxy groups -OCH3 is 1. The molecule has 2 N–H and O–H groups in total. The van der Waals surface area contributed by atoms with E-state index in [1.807, 2.05) is 66.5 Å². The Kier molecular flexibility index (Phi) is 8.22. The average molecular weight is 457 g/mol. The Labute approximate surface area is 194 Å². The molecule has 4 rings (SSSR count). The lowest BCUT2D eigenvalue weighted by atomic mass is 10.1. The van der Waals surface area contributed by atoms with Crippen LogP contribution in [-0.2, 0) is 0 Å². The van der Waals surface area contributed by atoms with Crippen molar-refractivity contribution >= 4 is 34.2 Å². The fourth-order valence-corrected chi connectivity index (χ4v) is 3.73. The van der Waals surface area contributed by atoms with E-state index in [1.165, 1.54) is 0 Å². The average Bonchev–Trinajstić information content (AvgIpc) is 3.17. The van der Waals surface area contributed by atoms with Crippen LogP contribution in [0.5, 0.6) is 17.2 Å². The van der Waals surface area contributed by atoms with E-state index in [4.69, 9.17) is 14.2 Å². The van der Waals surface area contributed by atoms with Crippen molar-refractivity contribution in [3.63, 3.8) is 0 Å². The molecule has 0 aliphatic carbocycles. The SMILES string of the molecule is COc1ccccc1OCCN(C)CC(O)COc1cccc2[nH]c3ccccc3c12.Cl. The first-order valence-electron chi connectivity index (χ1n) is 10.4. The van der Waals surface area contributed by atoms with Gasteiger partial charge in [0, 0.05) is 29.4 Å². The van der Waals surface area contributed by atoms with Crippen molar-refractivity contribution in [2.75, 3.05) is 40.5 Å². The zero-order chi connectivity index (χ0) is 21.6. The third-order valence-electron chi connectivity index (χ3n) is 5.25. The number of para-hydroxylation sites is 3. The highest BCUT2D eigenvalue weighted by Crippen LogP contribution is 2.33. The van der Waals surface area contributed by atoms with Crippen molar-refractivity contribution in [2.24, 2.45) is 0 Å². The molecule has 0 saturated carbocycles. The van der Waals surface area contributed by atoms with Gasteiger partial charge >= 0.3 is 0 Å². The summed E-state index contributed by atoms with van der Waals surface area (Å²) < 4.78 is 17.1. The Bertz CT molecular complexity index is 1150. The number of aliphatic hydroxyl groups excluding tert-OH is 1. The number of aliphatic hydroxyl groups is 1. The Balaban J connectivity index is 0.00000289. The summed E-state index contributed by atoms with van der Waals surface area (Å²) >= 11 is 0. The maximum Gasteiger partial charge on any atom is 0.161 e. The molecule has 170 valence electrons. The van der Waals surface area contributed by atoms with Crippen molar-refractivity contribution < 1.29 is 19.3 Å². The van der Waals surface area contributed by atoms with Gasteiger partial charge in [0.1, 0.15) is 25.1 Å². The Hall–Kier alpha value is -2.93. The summed E-state index contributed by atoms with van der Waals surface area (Å²) in [7, 11) is 3.58. The molecule has 0 saturated heterocycles. The standard InChI is InChI=1S/C25H28N2O4.ClH/c1-27(14-15-30-23-12-6-5-11-22(23)29-2)16-18(28)17-31-24-13-7-10-21-25(24)19-8-3-4-9-20(19)26-21;/h3-13,18,26,28H,14-17H2,1-2H3;1H. The van der Waals surface area contributed by atoms with Crippen molar-refractivity contribution in [1.29, 1.82) is 0 Å². The predicted molar refractivity (Wildman–Crippen MR) is 131 cm³/mol. The van der Waals surface area contributed by atoms with Crippen molar-refractivity contribution in [2.45, 2.75) is 6.10 Å². The van der Waals surface area contributed by atoms with Gasteiger partial charge in [-0.15, -0.1) is 12.4 Å². The van der Waals surface area contributed by atoms with E-state index < -0.39 is 6.10 Å². The number of H-pyrrole nitrogens is 1. The lowest BCUT2D eigenvalue weighted by Gasteiger charge is -2.21. The number of aromatic nitrogens is 1. The molecule has 1 heterocycles. The molecule has 0 aliphatic heterocycles. The second-order valence-electron chi connectivity index (χ2n) is 7.58. The molecule has 0 bridgehead atoms. The fourth-order valence-electron chi connectivity index (χ4n) is 3.73.